The Bertz CT molecular complexity index is 284. The number of rotatable bonds is 2. The highest BCUT2D eigenvalue weighted by Crippen LogP contribution is 2.25. The summed E-state index contributed by atoms with van der Waals surface area (Å²) in [6, 6.07) is 1.86. The van der Waals surface area contributed by atoms with E-state index in [4.69, 9.17) is 0 Å². The smallest absolute Gasteiger partial charge is 0.225 e. The van der Waals surface area contributed by atoms with Crippen LogP contribution in [0.25, 0.3) is 0 Å². The number of nitrogens with zero attached hydrogens (tertiary/aromatic N) is 3. The van der Waals surface area contributed by atoms with Gasteiger partial charge in [-0.05, 0) is 24.3 Å². The fourth-order valence-electron chi connectivity index (χ4n) is 1.97. The van der Waals surface area contributed by atoms with Crippen LogP contribution >= 0.6 is 0 Å². The van der Waals surface area contributed by atoms with E-state index in [1.165, 1.54) is 6.42 Å². The van der Waals surface area contributed by atoms with E-state index in [1.54, 1.807) is 0 Å². The first-order valence-corrected chi connectivity index (χ1v) is 5.29. The van der Waals surface area contributed by atoms with E-state index >= 15 is 0 Å². The largest absolute Gasteiger partial charge is 0.341 e. The van der Waals surface area contributed by atoms with Gasteiger partial charge >= 0.3 is 0 Å². The molecule has 3 heteroatoms. The van der Waals surface area contributed by atoms with E-state index in [0.29, 0.717) is 0 Å². The van der Waals surface area contributed by atoms with Crippen LogP contribution in [0.5, 0.6) is 0 Å². The standard InChI is InChI=1S/C11H17N3/c1-9(2)10-4-7-14(8-10)11-12-5-3-6-13-11/h3,5-6,9-10H,4,7-8H2,1-2H3. The van der Waals surface area contributed by atoms with Crippen molar-refractivity contribution < 1.29 is 0 Å². The summed E-state index contributed by atoms with van der Waals surface area (Å²) in [6.45, 7) is 6.80. The van der Waals surface area contributed by atoms with Crippen LogP contribution in [0.2, 0.25) is 0 Å². The summed E-state index contributed by atoms with van der Waals surface area (Å²) < 4.78 is 0. The monoisotopic (exact) mass is 191 g/mol. The molecule has 76 valence electrons. The lowest BCUT2D eigenvalue weighted by Crippen LogP contribution is -2.23. The Balaban J connectivity index is 2.03. The molecule has 0 amide bonds. The molecule has 0 aromatic carbocycles. The lowest BCUT2D eigenvalue weighted by Gasteiger charge is -2.17. The van der Waals surface area contributed by atoms with Crippen LogP contribution in [0, 0.1) is 11.8 Å². The minimum Gasteiger partial charge on any atom is -0.341 e. The predicted octanol–water partition coefficient (Wildman–Crippen LogP) is 1.96. The molecule has 1 aromatic heterocycles. The molecule has 14 heavy (non-hydrogen) atoms. The van der Waals surface area contributed by atoms with E-state index in [2.05, 4.69) is 28.7 Å². The second-order valence-electron chi connectivity index (χ2n) is 4.29. The van der Waals surface area contributed by atoms with Crippen LogP contribution in [0.3, 0.4) is 0 Å². The average molecular weight is 191 g/mol. The molecule has 0 aliphatic carbocycles. The molecule has 0 bridgehead atoms. The van der Waals surface area contributed by atoms with Gasteiger partial charge in [0.25, 0.3) is 0 Å². The number of hydrogen-bond donors (Lipinski definition) is 0. The maximum atomic E-state index is 4.27. The van der Waals surface area contributed by atoms with Crippen LogP contribution in [-0.4, -0.2) is 23.1 Å². The predicted molar refractivity (Wildman–Crippen MR) is 57.2 cm³/mol. The van der Waals surface area contributed by atoms with E-state index in [-0.39, 0.29) is 0 Å². The fraction of sp³-hybridized carbons (Fsp3) is 0.636. The summed E-state index contributed by atoms with van der Waals surface area (Å²) in [6.07, 6.45) is 4.89. The van der Waals surface area contributed by atoms with Gasteiger partial charge in [0.2, 0.25) is 5.95 Å². The average Bonchev–Trinajstić information content (AvgIpc) is 2.68. The third-order valence-corrected chi connectivity index (χ3v) is 3.00. The van der Waals surface area contributed by atoms with E-state index in [0.717, 1.165) is 30.9 Å². The first-order valence-electron chi connectivity index (χ1n) is 5.29. The molecule has 1 saturated heterocycles. The Morgan fingerprint density at radius 1 is 1.36 bits per heavy atom. The van der Waals surface area contributed by atoms with Crippen molar-refractivity contribution in [1.29, 1.82) is 0 Å². The van der Waals surface area contributed by atoms with Gasteiger partial charge in [0.1, 0.15) is 0 Å². The minimum atomic E-state index is 0.767. The molecule has 2 rings (SSSR count). The zero-order valence-electron chi connectivity index (χ0n) is 8.85. The van der Waals surface area contributed by atoms with Gasteiger partial charge in [-0.15, -0.1) is 0 Å². The summed E-state index contributed by atoms with van der Waals surface area (Å²) in [5.74, 6) is 2.46. The zero-order valence-corrected chi connectivity index (χ0v) is 8.85. The van der Waals surface area contributed by atoms with Crippen LogP contribution in [-0.2, 0) is 0 Å². The van der Waals surface area contributed by atoms with E-state index in [9.17, 15) is 0 Å². The highest BCUT2D eigenvalue weighted by molar-refractivity contribution is 5.30. The number of hydrogen-bond acceptors (Lipinski definition) is 3. The van der Waals surface area contributed by atoms with Crippen molar-refractivity contribution in [3.63, 3.8) is 0 Å². The molecule has 0 saturated carbocycles. The van der Waals surface area contributed by atoms with Crippen molar-refractivity contribution in [1.82, 2.24) is 9.97 Å². The Morgan fingerprint density at radius 3 is 2.64 bits per heavy atom. The second-order valence-corrected chi connectivity index (χ2v) is 4.29. The van der Waals surface area contributed by atoms with Gasteiger partial charge in [0.15, 0.2) is 0 Å². The maximum Gasteiger partial charge on any atom is 0.225 e. The van der Waals surface area contributed by atoms with Crippen LogP contribution in [0.15, 0.2) is 18.5 Å². The van der Waals surface area contributed by atoms with Gasteiger partial charge in [0.05, 0.1) is 0 Å². The van der Waals surface area contributed by atoms with Crippen LogP contribution in [0.4, 0.5) is 5.95 Å². The van der Waals surface area contributed by atoms with Crippen molar-refractivity contribution in [3.8, 4) is 0 Å². The Morgan fingerprint density at radius 2 is 2.07 bits per heavy atom. The molecule has 3 nitrogen and oxygen atoms in total. The van der Waals surface area contributed by atoms with Crippen molar-refractivity contribution >= 4 is 5.95 Å². The third kappa shape index (κ3) is 1.86. The Labute approximate surface area is 85.2 Å². The summed E-state index contributed by atoms with van der Waals surface area (Å²) >= 11 is 0. The quantitative estimate of drug-likeness (QED) is 0.715. The molecule has 1 atom stereocenters. The first kappa shape index (κ1) is 9.44. The molecular weight excluding hydrogens is 174 g/mol. The summed E-state index contributed by atoms with van der Waals surface area (Å²) in [5.41, 5.74) is 0. The SMILES string of the molecule is CC(C)C1CCN(c2ncccn2)C1. The van der Waals surface area contributed by atoms with Gasteiger partial charge < -0.3 is 4.90 Å². The Hall–Kier alpha value is -1.12. The lowest BCUT2D eigenvalue weighted by molar-refractivity contribution is 0.422. The van der Waals surface area contributed by atoms with Crippen LogP contribution < -0.4 is 4.90 Å². The molecule has 0 spiro atoms. The van der Waals surface area contributed by atoms with Crippen molar-refractivity contribution in [2.45, 2.75) is 20.3 Å². The molecule has 0 N–H and O–H groups in total. The van der Waals surface area contributed by atoms with Gasteiger partial charge in [-0.1, -0.05) is 13.8 Å². The number of aromatic nitrogens is 2. The molecule has 1 aliphatic heterocycles. The van der Waals surface area contributed by atoms with Crippen molar-refractivity contribution in [3.05, 3.63) is 18.5 Å². The number of anilines is 1. The summed E-state index contributed by atoms with van der Waals surface area (Å²) in [7, 11) is 0. The van der Waals surface area contributed by atoms with Crippen molar-refractivity contribution in [2.75, 3.05) is 18.0 Å². The molecule has 2 heterocycles. The van der Waals surface area contributed by atoms with Gasteiger partial charge in [-0.2, -0.15) is 0 Å². The lowest BCUT2D eigenvalue weighted by atomic mass is 9.95. The van der Waals surface area contributed by atoms with Crippen LogP contribution in [0.1, 0.15) is 20.3 Å². The normalized spacial score (nSPS) is 21.9. The highest BCUT2D eigenvalue weighted by atomic mass is 15.3. The molecule has 1 aromatic rings. The maximum absolute atomic E-state index is 4.27. The molecule has 0 radical (unpaired) electrons. The molecular formula is C11H17N3. The van der Waals surface area contributed by atoms with Gasteiger partial charge in [-0.3, -0.25) is 0 Å². The molecule has 1 aliphatic rings. The molecule has 1 fully saturated rings. The minimum absolute atomic E-state index is 0.767. The van der Waals surface area contributed by atoms with Crippen molar-refractivity contribution in [2.24, 2.45) is 11.8 Å². The van der Waals surface area contributed by atoms with E-state index < -0.39 is 0 Å². The van der Waals surface area contributed by atoms with E-state index in [1.807, 2.05) is 18.5 Å². The Kier molecular flexibility index (Phi) is 2.66. The van der Waals surface area contributed by atoms with Gasteiger partial charge in [-0.25, -0.2) is 9.97 Å². The molecule has 1 unspecified atom stereocenters. The zero-order chi connectivity index (χ0) is 9.97. The topological polar surface area (TPSA) is 29.0 Å². The summed E-state index contributed by atoms with van der Waals surface area (Å²) in [5, 5.41) is 0. The summed E-state index contributed by atoms with van der Waals surface area (Å²) in [4.78, 5) is 10.8. The second kappa shape index (κ2) is 3.95. The first-order chi connectivity index (χ1) is 6.77. The fourth-order valence-corrected chi connectivity index (χ4v) is 1.97. The third-order valence-electron chi connectivity index (χ3n) is 3.00. The van der Waals surface area contributed by atoms with Gasteiger partial charge in [0, 0.05) is 25.5 Å². The highest BCUT2D eigenvalue weighted by Gasteiger charge is 2.25.